The van der Waals surface area contributed by atoms with E-state index in [9.17, 15) is 4.79 Å². The van der Waals surface area contributed by atoms with Gasteiger partial charge in [0.1, 0.15) is 0 Å². The summed E-state index contributed by atoms with van der Waals surface area (Å²) >= 11 is 0. The van der Waals surface area contributed by atoms with Crippen LogP contribution in [0.1, 0.15) is 19.8 Å². The maximum absolute atomic E-state index is 10.7. The Hall–Kier alpha value is -1.05. The van der Waals surface area contributed by atoms with Gasteiger partial charge < -0.3 is 4.74 Å². The van der Waals surface area contributed by atoms with Crippen molar-refractivity contribution in [2.75, 3.05) is 6.61 Å². The minimum Gasteiger partial charge on any atom is -0.466 e. The van der Waals surface area contributed by atoms with E-state index in [2.05, 4.69) is 6.58 Å². The van der Waals surface area contributed by atoms with Crippen molar-refractivity contribution in [1.29, 1.82) is 0 Å². The van der Waals surface area contributed by atoms with Gasteiger partial charge in [-0.1, -0.05) is 24.8 Å². The number of ether oxygens (including phenoxy) is 1. The number of esters is 1. The third kappa shape index (κ3) is 6.84. The second-order valence-electron chi connectivity index (χ2n) is 2.01. The number of rotatable bonds is 5. The molecule has 2 heteroatoms. The summed E-state index contributed by atoms with van der Waals surface area (Å²) in [5, 5.41) is 0. The Morgan fingerprint density at radius 1 is 1.64 bits per heavy atom. The van der Waals surface area contributed by atoms with Gasteiger partial charge in [-0.15, -0.1) is 0 Å². The number of hydrogen-bond acceptors (Lipinski definition) is 2. The summed E-state index contributed by atoms with van der Waals surface area (Å²) in [5.41, 5.74) is 0. The van der Waals surface area contributed by atoms with Crippen LogP contribution in [0.5, 0.6) is 0 Å². The summed E-state index contributed by atoms with van der Waals surface area (Å²) in [6, 6.07) is 0. The van der Waals surface area contributed by atoms with Crippen LogP contribution in [0.3, 0.4) is 0 Å². The number of allylic oxidation sites excluding steroid dienone is 3. The van der Waals surface area contributed by atoms with Crippen molar-refractivity contribution in [3.63, 3.8) is 0 Å². The molecule has 0 fully saturated rings. The van der Waals surface area contributed by atoms with Gasteiger partial charge in [-0.05, 0) is 13.3 Å². The minimum absolute atomic E-state index is 0.138. The molecular weight excluding hydrogens is 140 g/mol. The van der Waals surface area contributed by atoms with Crippen LogP contribution in [-0.4, -0.2) is 12.6 Å². The maximum Gasteiger partial charge on any atom is 0.306 e. The molecule has 0 bridgehead atoms. The first-order valence-corrected chi connectivity index (χ1v) is 3.74. The summed E-state index contributed by atoms with van der Waals surface area (Å²) < 4.78 is 4.72. The molecule has 0 unspecified atom stereocenters. The molecule has 0 saturated carbocycles. The fraction of sp³-hybridized carbons (Fsp3) is 0.444. The molecule has 0 radical (unpaired) electrons. The standard InChI is InChI=1S/C9H14O2/c1-3-5-6-7-8-9(10)11-4-2/h3,5-6H,1,4,7-8H2,2H3/b6-5+. The van der Waals surface area contributed by atoms with E-state index >= 15 is 0 Å². The highest BCUT2D eigenvalue weighted by atomic mass is 16.5. The highest BCUT2D eigenvalue weighted by Gasteiger charge is 1.96. The second kappa shape index (κ2) is 7.06. The molecule has 0 saturated heterocycles. The van der Waals surface area contributed by atoms with Gasteiger partial charge in [-0.2, -0.15) is 0 Å². The van der Waals surface area contributed by atoms with E-state index < -0.39 is 0 Å². The van der Waals surface area contributed by atoms with Gasteiger partial charge in [-0.25, -0.2) is 0 Å². The van der Waals surface area contributed by atoms with Crippen molar-refractivity contribution in [1.82, 2.24) is 0 Å². The average molecular weight is 154 g/mol. The van der Waals surface area contributed by atoms with Gasteiger partial charge in [0, 0.05) is 6.42 Å². The summed E-state index contributed by atoms with van der Waals surface area (Å²) in [4.78, 5) is 10.7. The Morgan fingerprint density at radius 2 is 2.36 bits per heavy atom. The fourth-order valence-electron chi connectivity index (χ4n) is 0.627. The topological polar surface area (TPSA) is 26.3 Å². The maximum atomic E-state index is 10.7. The lowest BCUT2D eigenvalue weighted by Gasteiger charge is -1.97. The quantitative estimate of drug-likeness (QED) is 0.447. The number of carbonyl (C=O) groups excluding carboxylic acids is 1. The first-order chi connectivity index (χ1) is 5.31. The van der Waals surface area contributed by atoms with Crippen LogP contribution in [0.4, 0.5) is 0 Å². The number of carbonyl (C=O) groups is 1. The molecule has 0 N–H and O–H groups in total. The van der Waals surface area contributed by atoms with Crippen molar-refractivity contribution < 1.29 is 9.53 Å². The first kappa shape index (κ1) is 9.95. The van der Waals surface area contributed by atoms with Gasteiger partial charge in [-0.3, -0.25) is 4.79 Å². The first-order valence-electron chi connectivity index (χ1n) is 3.74. The SMILES string of the molecule is C=C/C=C/CCC(=O)OCC. The van der Waals surface area contributed by atoms with Crippen LogP contribution < -0.4 is 0 Å². The third-order valence-electron chi connectivity index (χ3n) is 1.09. The van der Waals surface area contributed by atoms with Crippen LogP contribution in [0.15, 0.2) is 24.8 Å². The van der Waals surface area contributed by atoms with E-state index in [1.165, 1.54) is 0 Å². The zero-order chi connectivity index (χ0) is 8.53. The van der Waals surface area contributed by atoms with Crippen molar-refractivity contribution in [2.24, 2.45) is 0 Å². The molecule has 0 heterocycles. The molecule has 0 atom stereocenters. The van der Waals surface area contributed by atoms with Crippen molar-refractivity contribution >= 4 is 5.97 Å². The lowest BCUT2D eigenvalue weighted by atomic mass is 10.3. The van der Waals surface area contributed by atoms with E-state index in [4.69, 9.17) is 4.74 Å². The van der Waals surface area contributed by atoms with Crippen molar-refractivity contribution in [2.45, 2.75) is 19.8 Å². The van der Waals surface area contributed by atoms with Gasteiger partial charge in [0.2, 0.25) is 0 Å². The van der Waals surface area contributed by atoms with Gasteiger partial charge in [0.15, 0.2) is 0 Å². The lowest BCUT2D eigenvalue weighted by Crippen LogP contribution is -2.02. The Bertz CT molecular complexity index is 148. The smallest absolute Gasteiger partial charge is 0.306 e. The molecule has 0 aliphatic carbocycles. The summed E-state index contributed by atoms with van der Waals surface area (Å²) in [6.07, 6.45) is 6.58. The monoisotopic (exact) mass is 154 g/mol. The van der Waals surface area contributed by atoms with E-state index in [0.717, 1.165) is 6.42 Å². The van der Waals surface area contributed by atoms with Crippen molar-refractivity contribution in [3.05, 3.63) is 24.8 Å². The molecule has 62 valence electrons. The van der Waals surface area contributed by atoms with E-state index in [-0.39, 0.29) is 5.97 Å². The molecule has 0 amide bonds. The molecule has 0 aromatic carbocycles. The van der Waals surface area contributed by atoms with Crippen LogP contribution in [0, 0.1) is 0 Å². The normalized spacial score (nSPS) is 9.91. The predicted octanol–water partition coefficient (Wildman–Crippen LogP) is 2.07. The van der Waals surface area contributed by atoms with E-state index in [1.807, 2.05) is 12.2 Å². The zero-order valence-corrected chi connectivity index (χ0v) is 6.88. The Morgan fingerprint density at radius 3 is 2.91 bits per heavy atom. The molecular formula is C9H14O2. The van der Waals surface area contributed by atoms with E-state index in [1.54, 1.807) is 13.0 Å². The molecule has 0 aliphatic rings. The second-order valence-corrected chi connectivity index (χ2v) is 2.01. The van der Waals surface area contributed by atoms with Crippen LogP contribution >= 0.6 is 0 Å². The molecule has 11 heavy (non-hydrogen) atoms. The lowest BCUT2D eigenvalue weighted by molar-refractivity contribution is -0.142. The van der Waals surface area contributed by atoms with Crippen LogP contribution in [0.2, 0.25) is 0 Å². The highest BCUT2D eigenvalue weighted by Crippen LogP contribution is 1.93. The fourth-order valence-corrected chi connectivity index (χ4v) is 0.627. The molecule has 0 aliphatic heterocycles. The minimum atomic E-state index is -0.138. The largest absolute Gasteiger partial charge is 0.466 e. The Kier molecular flexibility index (Phi) is 6.39. The Balaban J connectivity index is 3.30. The predicted molar refractivity (Wildman–Crippen MR) is 45.2 cm³/mol. The number of hydrogen-bond donors (Lipinski definition) is 0. The summed E-state index contributed by atoms with van der Waals surface area (Å²) in [7, 11) is 0. The Labute approximate surface area is 67.6 Å². The zero-order valence-electron chi connectivity index (χ0n) is 6.88. The summed E-state index contributed by atoms with van der Waals surface area (Å²) in [5.74, 6) is -0.138. The van der Waals surface area contributed by atoms with Gasteiger partial charge in [0.05, 0.1) is 6.61 Å². The van der Waals surface area contributed by atoms with Crippen LogP contribution in [-0.2, 0) is 9.53 Å². The molecule has 0 aromatic rings. The molecule has 0 spiro atoms. The average Bonchev–Trinajstić information content (AvgIpc) is 1.99. The highest BCUT2D eigenvalue weighted by molar-refractivity contribution is 5.69. The van der Waals surface area contributed by atoms with Gasteiger partial charge in [0.25, 0.3) is 0 Å². The molecule has 0 rings (SSSR count). The summed E-state index contributed by atoms with van der Waals surface area (Å²) in [6.45, 7) is 5.78. The third-order valence-corrected chi connectivity index (χ3v) is 1.09. The molecule has 2 nitrogen and oxygen atoms in total. The molecule has 0 aromatic heterocycles. The van der Waals surface area contributed by atoms with Crippen molar-refractivity contribution in [3.8, 4) is 0 Å². The van der Waals surface area contributed by atoms with Crippen LogP contribution in [0.25, 0.3) is 0 Å². The van der Waals surface area contributed by atoms with Gasteiger partial charge >= 0.3 is 5.97 Å². The van der Waals surface area contributed by atoms with E-state index in [0.29, 0.717) is 13.0 Å².